The van der Waals surface area contributed by atoms with Crippen molar-refractivity contribution < 1.29 is 0 Å². The number of aromatic amines is 2. The third-order valence-corrected chi connectivity index (χ3v) is 4.04. The van der Waals surface area contributed by atoms with Crippen molar-refractivity contribution in [3.63, 3.8) is 0 Å². The summed E-state index contributed by atoms with van der Waals surface area (Å²) in [6.45, 7) is 2.22. The molecule has 3 nitrogen and oxygen atoms in total. The van der Waals surface area contributed by atoms with E-state index in [1.807, 2.05) is 24.3 Å². The average molecular weight is 307 g/mol. The van der Waals surface area contributed by atoms with Crippen LogP contribution >= 0.6 is 11.6 Å². The molecule has 0 radical (unpaired) electrons. The Hall–Kier alpha value is -1.48. The van der Waals surface area contributed by atoms with E-state index in [0.717, 1.165) is 29.7 Å². The first-order valence-corrected chi connectivity index (χ1v) is 8.15. The lowest BCUT2D eigenvalue weighted by atomic mass is 10.0. The van der Waals surface area contributed by atoms with Crippen molar-refractivity contribution in [3.05, 3.63) is 45.2 Å². The topological polar surface area (TPSA) is 48.6 Å². The first-order valence-electron chi connectivity index (χ1n) is 7.78. The van der Waals surface area contributed by atoms with Gasteiger partial charge in [0.1, 0.15) is 0 Å². The summed E-state index contributed by atoms with van der Waals surface area (Å²) in [4.78, 5) is 11.9. The van der Waals surface area contributed by atoms with Gasteiger partial charge in [-0.25, -0.2) is 0 Å². The Bertz CT molecular complexity index is 598. The first kappa shape index (κ1) is 15.9. The van der Waals surface area contributed by atoms with E-state index in [1.54, 1.807) is 0 Å². The molecule has 114 valence electrons. The van der Waals surface area contributed by atoms with Crippen LogP contribution in [0.5, 0.6) is 0 Å². The number of aromatic nitrogens is 2. The minimum absolute atomic E-state index is 0.00601. The largest absolute Gasteiger partial charge is 0.297 e. The summed E-state index contributed by atoms with van der Waals surface area (Å²) < 4.78 is 0. The Balaban J connectivity index is 1.98. The summed E-state index contributed by atoms with van der Waals surface area (Å²) in [6.07, 6.45) is 8.19. The highest BCUT2D eigenvalue weighted by molar-refractivity contribution is 6.30. The van der Waals surface area contributed by atoms with Gasteiger partial charge >= 0.3 is 0 Å². The number of rotatable bonds is 8. The number of H-pyrrole nitrogens is 2. The summed E-state index contributed by atoms with van der Waals surface area (Å²) in [5, 5.41) is 6.39. The maximum atomic E-state index is 11.9. The summed E-state index contributed by atoms with van der Waals surface area (Å²) in [6, 6.07) is 7.56. The van der Waals surface area contributed by atoms with E-state index in [1.165, 1.54) is 32.1 Å². The second kappa shape index (κ2) is 8.08. The average Bonchev–Trinajstić information content (AvgIpc) is 2.85. The van der Waals surface area contributed by atoms with Crippen molar-refractivity contribution in [2.24, 2.45) is 0 Å². The van der Waals surface area contributed by atoms with Gasteiger partial charge in [0.15, 0.2) is 0 Å². The normalized spacial score (nSPS) is 11.0. The van der Waals surface area contributed by atoms with Crippen molar-refractivity contribution in [3.8, 4) is 11.3 Å². The van der Waals surface area contributed by atoms with Crippen LogP contribution in [0.25, 0.3) is 11.3 Å². The molecule has 1 aromatic heterocycles. The van der Waals surface area contributed by atoms with Crippen molar-refractivity contribution in [2.75, 3.05) is 0 Å². The van der Waals surface area contributed by atoms with Gasteiger partial charge < -0.3 is 0 Å². The molecule has 0 aliphatic heterocycles. The molecule has 4 heteroatoms. The van der Waals surface area contributed by atoms with Gasteiger partial charge in [-0.15, -0.1) is 0 Å². The van der Waals surface area contributed by atoms with Crippen molar-refractivity contribution >= 4 is 11.6 Å². The summed E-state index contributed by atoms with van der Waals surface area (Å²) >= 11 is 5.91. The quantitative estimate of drug-likeness (QED) is 0.668. The van der Waals surface area contributed by atoms with Crippen LogP contribution in [0.3, 0.4) is 0 Å². The summed E-state index contributed by atoms with van der Waals surface area (Å²) in [5.41, 5.74) is 2.74. The van der Waals surface area contributed by atoms with E-state index in [2.05, 4.69) is 17.1 Å². The predicted octanol–water partition coefficient (Wildman–Crippen LogP) is 4.93. The van der Waals surface area contributed by atoms with E-state index in [4.69, 9.17) is 11.6 Å². The summed E-state index contributed by atoms with van der Waals surface area (Å²) in [5.74, 6) is 0. The molecule has 2 aromatic rings. The molecule has 0 aliphatic rings. The fourth-order valence-electron chi connectivity index (χ4n) is 2.57. The van der Waals surface area contributed by atoms with Crippen LogP contribution in [0.4, 0.5) is 0 Å². The van der Waals surface area contributed by atoms with Gasteiger partial charge in [0, 0.05) is 10.6 Å². The molecule has 0 atom stereocenters. The van der Waals surface area contributed by atoms with Crippen LogP contribution in [0.1, 0.15) is 51.0 Å². The van der Waals surface area contributed by atoms with Crippen LogP contribution in [0.15, 0.2) is 29.1 Å². The van der Waals surface area contributed by atoms with E-state index in [9.17, 15) is 4.79 Å². The molecule has 1 aromatic carbocycles. The molecule has 2 N–H and O–H groups in total. The number of hydrogen-bond donors (Lipinski definition) is 2. The molecule has 0 unspecified atom stereocenters. The Morgan fingerprint density at radius 3 is 2.33 bits per heavy atom. The van der Waals surface area contributed by atoms with Crippen LogP contribution in [-0.4, -0.2) is 10.2 Å². The molecule has 0 saturated carbocycles. The lowest BCUT2D eigenvalue weighted by Gasteiger charge is -2.03. The van der Waals surface area contributed by atoms with Crippen LogP contribution < -0.4 is 5.56 Å². The van der Waals surface area contributed by atoms with Crippen LogP contribution in [-0.2, 0) is 6.42 Å². The fraction of sp³-hybridized carbons (Fsp3) is 0.471. The predicted molar refractivity (Wildman–Crippen MR) is 88.9 cm³/mol. The third kappa shape index (κ3) is 4.50. The van der Waals surface area contributed by atoms with Crippen molar-refractivity contribution in [1.29, 1.82) is 0 Å². The standard InChI is InChI=1S/C17H23ClN2O/c1-2-3-4-5-6-7-8-15-16(19-20-17(15)21)13-9-11-14(18)12-10-13/h9-12H,2-8H2,1H3,(H2,19,20,21). The molecule has 0 spiro atoms. The number of unbranched alkanes of at least 4 members (excludes halogenated alkanes) is 5. The number of halogens is 1. The van der Waals surface area contributed by atoms with E-state index in [0.29, 0.717) is 5.02 Å². The molecule has 0 amide bonds. The van der Waals surface area contributed by atoms with Crippen LogP contribution in [0.2, 0.25) is 5.02 Å². The van der Waals surface area contributed by atoms with Crippen molar-refractivity contribution in [2.45, 2.75) is 51.9 Å². The molecule has 0 bridgehead atoms. The molecule has 0 aliphatic carbocycles. The maximum absolute atomic E-state index is 11.9. The zero-order valence-corrected chi connectivity index (χ0v) is 13.3. The second-order valence-electron chi connectivity index (χ2n) is 5.46. The molecule has 0 saturated heterocycles. The molecule has 21 heavy (non-hydrogen) atoms. The lowest BCUT2D eigenvalue weighted by molar-refractivity contribution is 0.607. The smallest absolute Gasteiger partial charge is 0.267 e. The van der Waals surface area contributed by atoms with Gasteiger partial charge in [-0.1, -0.05) is 62.8 Å². The summed E-state index contributed by atoms with van der Waals surface area (Å²) in [7, 11) is 0. The second-order valence-corrected chi connectivity index (χ2v) is 5.89. The number of hydrogen-bond acceptors (Lipinski definition) is 1. The highest BCUT2D eigenvalue weighted by Crippen LogP contribution is 2.22. The van der Waals surface area contributed by atoms with E-state index < -0.39 is 0 Å². The first-order chi connectivity index (χ1) is 10.2. The van der Waals surface area contributed by atoms with Gasteiger partial charge in [-0.05, 0) is 30.5 Å². The van der Waals surface area contributed by atoms with Gasteiger partial charge in [-0.3, -0.25) is 15.0 Å². The molecule has 2 rings (SSSR count). The van der Waals surface area contributed by atoms with Gasteiger partial charge in [0.2, 0.25) is 0 Å². The van der Waals surface area contributed by atoms with Gasteiger partial charge in [0.25, 0.3) is 5.56 Å². The minimum atomic E-state index is -0.00601. The number of benzene rings is 1. The zero-order valence-electron chi connectivity index (χ0n) is 12.5. The van der Waals surface area contributed by atoms with Crippen molar-refractivity contribution in [1.82, 2.24) is 10.2 Å². The van der Waals surface area contributed by atoms with Crippen LogP contribution in [0, 0.1) is 0 Å². The Labute approximate surface area is 130 Å². The van der Waals surface area contributed by atoms with Gasteiger partial charge in [0.05, 0.1) is 5.69 Å². The SMILES string of the molecule is CCCCCCCCc1c(-c2ccc(Cl)cc2)[nH][nH]c1=O. The maximum Gasteiger partial charge on any atom is 0.267 e. The lowest BCUT2D eigenvalue weighted by Crippen LogP contribution is -2.06. The Kier molecular flexibility index (Phi) is 6.12. The highest BCUT2D eigenvalue weighted by atomic mass is 35.5. The molecule has 0 fully saturated rings. The third-order valence-electron chi connectivity index (χ3n) is 3.79. The Morgan fingerprint density at radius 1 is 0.952 bits per heavy atom. The zero-order chi connectivity index (χ0) is 15.1. The Morgan fingerprint density at radius 2 is 1.62 bits per heavy atom. The molecular formula is C17H23ClN2O. The number of nitrogens with one attached hydrogen (secondary N) is 2. The monoisotopic (exact) mass is 306 g/mol. The fourth-order valence-corrected chi connectivity index (χ4v) is 2.69. The van der Waals surface area contributed by atoms with Gasteiger partial charge in [-0.2, -0.15) is 0 Å². The minimum Gasteiger partial charge on any atom is -0.297 e. The molecule has 1 heterocycles. The molecular weight excluding hydrogens is 284 g/mol. The highest BCUT2D eigenvalue weighted by Gasteiger charge is 2.11. The van der Waals surface area contributed by atoms with E-state index in [-0.39, 0.29) is 5.56 Å². The van der Waals surface area contributed by atoms with E-state index >= 15 is 0 Å².